The molecule has 1 heterocycles. The summed E-state index contributed by atoms with van der Waals surface area (Å²) in [5, 5.41) is 10.8. The van der Waals surface area contributed by atoms with Gasteiger partial charge < -0.3 is 9.84 Å². The Bertz CT molecular complexity index is 966. The number of aromatic nitrogens is 1. The molecule has 5 heteroatoms. The van der Waals surface area contributed by atoms with Crippen LogP contribution in [0.3, 0.4) is 0 Å². The lowest BCUT2D eigenvalue weighted by atomic mass is 9.86. The van der Waals surface area contributed by atoms with E-state index in [0.717, 1.165) is 32.4 Å². The second-order valence-electron chi connectivity index (χ2n) is 7.38. The predicted molar refractivity (Wildman–Crippen MR) is 108 cm³/mol. The molecule has 2 aromatic carbocycles. The van der Waals surface area contributed by atoms with Gasteiger partial charge in [0.1, 0.15) is 5.75 Å². The number of ether oxygens (including phenoxy) is 1. The second kappa shape index (κ2) is 6.80. The van der Waals surface area contributed by atoms with Gasteiger partial charge in [0.15, 0.2) is 0 Å². The molecular weight excluding hydrogens is 394 g/mol. The van der Waals surface area contributed by atoms with Crippen LogP contribution in [-0.4, -0.2) is 22.9 Å². The molecule has 3 rings (SSSR count). The summed E-state index contributed by atoms with van der Waals surface area (Å²) < 4.78 is 7.82. The first kappa shape index (κ1) is 18.5. The maximum atomic E-state index is 12.1. The molecule has 26 heavy (non-hydrogen) atoms. The topological polar surface area (TPSA) is 51.5 Å². The maximum absolute atomic E-state index is 12.1. The molecule has 1 N–H and O–H groups in total. The van der Waals surface area contributed by atoms with Crippen LogP contribution in [-0.2, 0) is 11.8 Å². The Balaban J connectivity index is 2.33. The molecule has 0 aliphatic carbocycles. The third-order valence-corrected chi connectivity index (χ3v) is 5.00. The van der Waals surface area contributed by atoms with Crippen molar-refractivity contribution in [2.24, 2.45) is 0 Å². The first-order chi connectivity index (χ1) is 12.2. The number of benzene rings is 2. The molecule has 1 aromatic heterocycles. The summed E-state index contributed by atoms with van der Waals surface area (Å²) in [6, 6.07) is 13.7. The van der Waals surface area contributed by atoms with E-state index in [2.05, 4.69) is 28.1 Å². The summed E-state index contributed by atoms with van der Waals surface area (Å²) >= 11 is 3.46. The summed E-state index contributed by atoms with van der Waals surface area (Å²) in [5.74, 6) is 0.720. The van der Waals surface area contributed by atoms with E-state index in [1.165, 1.54) is 4.57 Å². The Hall–Kier alpha value is -2.27. The van der Waals surface area contributed by atoms with Crippen molar-refractivity contribution in [2.45, 2.75) is 32.6 Å². The summed E-state index contributed by atoms with van der Waals surface area (Å²) in [4.78, 5) is 12.1. The molecule has 0 fully saturated rings. The van der Waals surface area contributed by atoms with Crippen molar-refractivity contribution in [3.05, 3.63) is 63.8 Å². The van der Waals surface area contributed by atoms with E-state index in [4.69, 9.17) is 4.74 Å². The van der Waals surface area contributed by atoms with Crippen molar-refractivity contribution >= 4 is 32.9 Å². The van der Waals surface area contributed by atoms with E-state index < -0.39 is 6.09 Å². The van der Waals surface area contributed by atoms with Crippen molar-refractivity contribution in [3.8, 4) is 5.75 Å². The molecule has 0 unspecified atom stereocenters. The molecule has 0 aliphatic heterocycles. The Labute approximate surface area is 161 Å². The van der Waals surface area contributed by atoms with Crippen molar-refractivity contribution in [3.63, 3.8) is 0 Å². The molecule has 0 saturated heterocycles. The highest BCUT2D eigenvalue weighted by Gasteiger charge is 2.29. The number of hydrogen-bond donors (Lipinski definition) is 1. The van der Waals surface area contributed by atoms with Crippen LogP contribution in [0.25, 0.3) is 10.9 Å². The predicted octanol–water partition coefficient (Wildman–Crippen LogP) is 5.83. The smallest absolute Gasteiger partial charge is 0.416 e. The van der Waals surface area contributed by atoms with Crippen LogP contribution >= 0.6 is 15.9 Å². The van der Waals surface area contributed by atoms with E-state index in [-0.39, 0.29) is 5.41 Å². The van der Waals surface area contributed by atoms with Gasteiger partial charge in [-0.05, 0) is 47.9 Å². The van der Waals surface area contributed by atoms with Gasteiger partial charge in [0.25, 0.3) is 0 Å². The third kappa shape index (κ3) is 3.36. The zero-order valence-electron chi connectivity index (χ0n) is 15.3. The van der Waals surface area contributed by atoms with Crippen molar-refractivity contribution in [1.29, 1.82) is 0 Å². The molecule has 0 bridgehead atoms. The molecular formula is C21H22BrNO3. The first-order valence-electron chi connectivity index (χ1n) is 8.42. The highest BCUT2D eigenvalue weighted by molar-refractivity contribution is 9.10. The van der Waals surface area contributed by atoms with Crippen LogP contribution in [0.4, 0.5) is 4.79 Å². The molecule has 0 atom stereocenters. The minimum absolute atomic E-state index is 0.324. The summed E-state index contributed by atoms with van der Waals surface area (Å²) in [5.41, 5.74) is 3.34. The number of carboxylic acid groups (broad SMARTS) is 1. The van der Waals surface area contributed by atoms with Crippen LogP contribution in [0.1, 0.15) is 37.6 Å². The zero-order valence-corrected chi connectivity index (χ0v) is 16.9. The minimum Gasteiger partial charge on any atom is -0.497 e. The fourth-order valence-corrected chi connectivity index (χ4v) is 3.70. The van der Waals surface area contributed by atoms with Crippen molar-refractivity contribution in [2.75, 3.05) is 7.11 Å². The molecule has 0 aliphatic rings. The number of rotatable bonds is 3. The van der Waals surface area contributed by atoms with E-state index in [0.29, 0.717) is 11.9 Å². The quantitative estimate of drug-likeness (QED) is 0.585. The van der Waals surface area contributed by atoms with Crippen LogP contribution in [0.2, 0.25) is 0 Å². The van der Waals surface area contributed by atoms with Gasteiger partial charge in [0, 0.05) is 21.0 Å². The number of hydrogen-bond acceptors (Lipinski definition) is 2. The van der Waals surface area contributed by atoms with E-state index in [1.54, 1.807) is 13.2 Å². The second-order valence-corrected chi connectivity index (χ2v) is 8.30. The third-order valence-electron chi connectivity index (χ3n) is 4.48. The van der Waals surface area contributed by atoms with Crippen LogP contribution in [0.15, 0.2) is 46.9 Å². The average molecular weight is 416 g/mol. The van der Waals surface area contributed by atoms with Gasteiger partial charge in [0.05, 0.1) is 12.6 Å². The summed E-state index contributed by atoms with van der Waals surface area (Å²) in [6.45, 7) is 6.13. The summed E-state index contributed by atoms with van der Waals surface area (Å²) in [6.07, 6.45) is -0.309. The Morgan fingerprint density at radius 3 is 2.35 bits per heavy atom. The maximum Gasteiger partial charge on any atom is 0.416 e. The highest BCUT2D eigenvalue weighted by atomic mass is 79.9. The number of halogens is 1. The minimum atomic E-state index is -0.966. The van der Waals surface area contributed by atoms with Crippen LogP contribution in [0, 0.1) is 0 Å². The highest BCUT2D eigenvalue weighted by Crippen LogP contribution is 2.37. The van der Waals surface area contributed by atoms with Gasteiger partial charge >= 0.3 is 6.09 Å². The Morgan fingerprint density at radius 2 is 1.81 bits per heavy atom. The fourth-order valence-electron chi connectivity index (χ4n) is 3.43. The SMILES string of the molecule is COc1ccc2c(c1)c(Cc1ccc(Br)cc1)c(C(C)(C)C)n2C(=O)O. The monoisotopic (exact) mass is 415 g/mol. The van der Waals surface area contributed by atoms with Gasteiger partial charge in [0.2, 0.25) is 0 Å². The van der Waals surface area contributed by atoms with Crippen LogP contribution in [0.5, 0.6) is 5.75 Å². The van der Waals surface area contributed by atoms with Crippen molar-refractivity contribution < 1.29 is 14.6 Å². The molecule has 3 aromatic rings. The van der Waals surface area contributed by atoms with Gasteiger partial charge in [-0.1, -0.05) is 48.8 Å². The molecule has 0 radical (unpaired) electrons. The van der Waals surface area contributed by atoms with Gasteiger partial charge in [-0.3, -0.25) is 0 Å². The number of fused-ring (bicyclic) bond motifs is 1. The molecule has 0 amide bonds. The number of carbonyl (C=O) groups is 1. The standard InChI is InChI=1S/C21H22BrNO3/c1-21(2,3)19-17(11-13-5-7-14(22)8-6-13)16-12-15(26-4)9-10-18(16)23(19)20(24)25/h5-10,12H,11H2,1-4H3,(H,24,25). The van der Waals surface area contributed by atoms with Crippen LogP contribution < -0.4 is 4.74 Å². The lowest BCUT2D eigenvalue weighted by molar-refractivity contribution is 0.195. The molecule has 0 saturated carbocycles. The van der Waals surface area contributed by atoms with Gasteiger partial charge in [-0.2, -0.15) is 0 Å². The Morgan fingerprint density at radius 1 is 1.15 bits per heavy atom. The lowest BCUT2D eigenvalue weighted by Gasteiger charge is -2.22. The van der Waals surface area contributed by atoms with Gasteiger partial charge in [-0.15, -0.1) is 0 Å². The Kier molecular flexibility index (Phi) is 4.84. The number of methoxy groups -OCH3 is 1. The average Bonchev–Trinajstić information content (AvgIpc) is 2.91. The van der Waals surface area contributed by atoms with E-state index in [1.807, 2.05) is 45.0 Å². The zero-order chi connectivity index (χ0) is 19.1. The summed E-state index contributed by atoms with van der Waals surface area (Å²) in [7, 11) is 1.62. The first-order valence-corrected chi connectivity index (χ1v) is 9.21. The largest absolute Gasteiger partial charge is 0.497 e. The lowest BCUT2D eigenvalue weighted by Crippen LogP contribution is -2.23. The molecule has 0 spiro atoms. The fraction of sp³-hybridized carbons (Fsp3) is 0.286. The normalized spacial score (nSPS) is 11.7. The number of nitrogens with zero attached hydrogens (tertiary/aromatic N) is 1. The van der Waals surface area contributed by atoms with Crippen molar-refractivity contribution in [1.82, 2.24) is 4.57 Å². The van der Waals surface area contributed by atoms with Gasteiger partial charge in [-0.25, -0.2) is 9.36 Å². The molecule has 4 nitrogen and oxygen atoms in total. The molecule has 136 valence electrons. The van der Waals surface area contributed by atoms with E-state index in [9.17, 15) is 9.90 Å². The van der Waals surface area contributed by atoms with E-state index >= 15 is 0 Å².